The van der Waals surface area contributed by atoms with Gasteiger partial charge in [-0.25, -0.2) is 8.42 Å². The van der Waals surface area contributed by atoms with Crippen LogP contribution in [0.2, 0.25) is 0 Å². The average molecular weight is 379 g/mol. The van der Waals surface area contributed by atoms with Crippen molar-refractivity contribution in [2.24, 2.45) is 0 Å². The Bertz CT molecular complexity index is 892. The van der Waals surface area contributed by atoms with E-state index in [0.29, 0.717) is 11.1 Å². The summed E-state index contributed by atoms with van der Waals surface area (Å²) < 4.78 is 64.0. The summed E-state index contributed by atoms with van der Waals surface area (Å²) >= 11 is 0. The molecule has 2 aromatic carbocycles. The second-order valence-electron chi connectivity index (χ2n) is 4.78. The fraction of sp³-hybridized carbons (Fsp3) is 0.133. The van der Waals surface area contributed by atoms with Crippen LogP contribution in [0, 0.1) is 0 Å². The molecule has 0 heterocycles. The first kappa shape index (κ1) is 18.3. The van der Waals surface area contributed by atoms with Crippen LogP contribution in [-0.4, -0.2) is 20.6 Å². The van der Waals surface area contributed by atoms with E-state index in [4.69, 9.17) is 10.7 Å². The molecule has 0 aliphatic rings. The first-order valence-electron chi connectivity index (χ1n) is 6.43. The van der Waals surface area contributed by atoms with Gasteiger partial charge < -0.3 is 4.74 Å². The van der Waals surface area contributed by atoms with Gasteiger partial charge >= 0.3 is 6.36 Å². The van der Waals surface area contributed by atoms with Crippen LogP contribution in [0.3, 0.4) is 0 Å². The van der Waals surface area contributed by atoms with E-state index in [9.17, 15) is 26.4 Å². The Labute approximate surface area is 140 Å². The highest BCUT2D eigenvalue weighted by Crippen LogP contribution is 2.35. The molecule has 128 valence electrons. The van der Waals surface area contributed by atoms with Crippen LogP contribution < -0.4 is 4.74 Å². The summed E-state index contributed by atoms with van der Waals surface area (Å²) in [5.41, 5.74) is 1.09. The van der Waals surface area contributed by atoms with Gasteiger partial charge in [-0.15, -0.1) is 13.2 Å². The minimum Gasteiger partial charge on any atom is -0.404 e. The molecule has 0 fully saturated rings. The molecule has 2 aromatic rings. The van der Waals surface area contributed by atoms with Crippen molar-refractivity contribution in [3.05, 3.63) is 48.0 Å². The fourth-order valence-corrected chi connectivity index (χ4v) is 2.98. The third kappa shape index (κ3) is 4.48. The van der Waals surface area contributed by atoms with Gasteiger partial charge in [-0.2, -0.15) is 0 Å². The molecule has 2 rings (SSSR count). The third-order valence-electron chi connectivity index (χ3n) is 3.03. The quantitative estimate of drug-likeness (QED) is 0.585. The zero-order valence-corrected chi connectivity index (χ0v) is 13.7. The number of rotatable bonds is 4. The molecule has 0 saturated heterocycles. The number of Topliss-reactive ketones (excluding diaryl/α,β-unsaturated/α-hetero) is 1. The van der Waals surface area contributed by atoms with Crippen molar-refractivity contribution in [2.75, 3.05) is 0 Å². The van der Waals surface area contributed by atoms with E-state index < -0.39 is 26.1 Å². The molecule has 0 unspecified atom stereocenters. The summed E-state index contributed by atoms with van der Waals surface area (Å²) in [5.74, 6) is -1.14. The number of ketones is 1. The van der Waals surface area contributed by atoms with E-state index in [1.165, 1.54) is 19.1 Å². The van der Waals surface area contributed by atoms with Gasteiger partial charge in [0.25, 0.3) is 9.05 Å². The van der Waals surface area contributed by atoms with Crippen LogP contribution in [0.25, 0.3) is 11.1 Å². The lowest BCUT2D eigenvalue weighted by Crippen LogP contribution is -2.18. The predicted octanol–water partition coefficient (Wildman–Crippen LogP) is 4.38. The number of carbonyl (C=O) groups is 1. The average Bonchev–Trinajstić information content (AvgIpc) is 2.45. The first-order chi connectivity index (χ1) is 11.0. The van der Waals surface area contributed by atoms with Crippen molar-refractivity contribution in [3.8, 4) is 16.9 Å². The maximum atomic E-state index is 12.4. The van der Waals surface area contributed by atoms with Crippen LogP contribution in [0.15, 0.2) is 47.4 Å². The number of carbonyl (C=O) groups excluding carboxylic acids is 1. The molecule has 4 nitrogen and oxygen atoms in total. The standard InChI is InChI=1S/C15H10ClF3O4S/c1-9(20)10-3-2-4-11(7-10)12-5-6-13(23-15(17,18)19)14(8-12)24(16,21)22/h2-8H,1H3. The monoisotopic (exact) mass is 378 g/mol. The maximum Gasteiger partial charge on any atom is 0.573 e. The highest BCUT2D eigenvalue weighted by molar-refractivity contribution is 8.13. The Morgan fingerprint density at radius 3 is 2.25 bits per heavy atom. The van der Waals surface area contributed by atoms with E-state index in [1.807, 2.05) is 0 Å². The maximum absolute atomic E-state index is 12.4. The van der Waals surface area contributed by atoms with E-state index >= 15 is 0 Å². The Hall–Kier alpha value is -2.06. The lowest BCUT2D eigenvalue weighted by atomic mass is 10.0. The molecular formula is C15H10ClF3O4S. The lowest BCUT2D eigenvalue weighted by molar-refractivity contribution is -0.275. The van der Waals surface area contributed by atoms with Crippen LogP contribution in [-0.2, 0) is 9.05 Å². The molecule has 0 saturated carbocycles. The topological polar surface area (TPSA) is 60.4 Å². The van der Waals surface area contributed by atoms with Crippen molar-refractivity contribution < 1.29 is 31.1 Å². The molecule has 0 aliphatic heterocycles. The SMILES string of the molecule is CC(=O)c1cccc(-c2ccc(OC(F)(F)F)c(S(=O)(=O)Cl)c2)c1. The van der Waals surface area contributed by atoms with Crippen molar-refractivity contribution >= 4 is 25.5 Å². The van der Waals surface area contributed by atoms with Gasteiger partial charge in [0.2, 0.25) is 0 Å². The number of ether oxygens (including phenoxy) is 1. The molecule has 9 heteroatoms. The minimum absolute atomic E-state index is 0.209. The van der Waals surface area contributed by atoms with Crippen LogP contribution >= 0.6 is 10.7 Å². The largest absolute Gasteiger partial charge is 0.573 e. The van der Waals surface area contributed by atoms with E-state index in [0.717, 1.165) is 12.1 Å². The molecule has 0 atom stereocenters. The normalized spacial score (nSPS) is 12.0. The van der Waals surface area contributed by atoms with E-state index in [2.05, 4.69) is 4.74 Å². The third-order valence-corrected chi connectivity index (χ3v) is 4.38. The second-order valence-corrected chi connectivity index (χ2v) is 7.32. The Morgan fingerprint density at radius 2 is 1.71 bits per heavy atom. The van der Waals surface area contributed by atoms with Crippen molar-refractivity contribution in [3.63, 3.8) is 0 Å². The van der Waals surface area contributed by atoms with Crippen molar-refractivity contribution in [1.82, 2.24) is 0 Å². The van der Waals surface area contributed by atoms with Gasteiger partial charge in [0.1, 0.15) is 10.6 Å². The smallest absolute Gasteiger partial charge is 0.404 e. The highest BCUT2D eigenvalue weighted by Gasteiger charge is 2.34. The van der Waals surface area contributed by atoms with Gasteiger partial charge in [0.15, 0.2) is 5.78 Å². The molecular weight excluding hydrogens is 369 g/mol. The molecule has 0 spiro atoms. The molecule has 0 amide bonds. The van der Waals surface area contributed by atoms with Crippen LogP contribution in [0.5, 0.6) is 5.75 Å². The molecule has 0 aromatic heterocycles. The second kappa shape index (κ2) is 6.45. The summed E-state index contributed by atoms with van der Waals surface area (Å²) in [7, 11) is 0.722. The summed E-state index contributed by atoms with van der Waals surface area (Å²) in [5, 5.41) is 0. The number of hydrogen-bond acceptors (Lipinski definition) is 4. The zero-order chi connectivity index (χ0) is 18.1. The van der Waals surface area contributed by atoms with Crippen LogP contribution in [0.4, 0.5) is 13.2 Å². The summed E-state index contributed by atoms with van der Waals surface area (Å²) in [6, 6.07) is 9.27. The van der Waals surface area contributed by atoms with Gasteiger partial charge in [0, 0.05) is 16.2 Å². The summed E-state index contributed by atoms with van der Waals surface area (Å²) in [6.07, 6.45) is -5.06. The summed E-state index contributed by atoms with van der Waals surface area (Å²) in [4.78, 5) is 10.6. The van der Waals surface area contributed by atoms with Crippen molar-refractivity contribution in [2.45, 2.75) is 18.2 Å². The summed E-state index contributed by atoms with van der Waals surface area (Å²) in [6.45, 7) is 1.36. The van der Waals surface area contributed by atoms with Gasteiger partial charge in [0.05, 0.1) is 0 Å². The predicted molar refractivity (Wildman–Crippen MR) is 81.6 cm³/mol. The van der Waals surface area contributed by atoms with Gasteiger partial charge in [-0.3, -0.25) is 4.79 Å². The lowest BCUT2D eigenvalue weighted by Gasteiger charge is -2.13. The fourth-order valence-electron chi connectivity index (χ4n) is 2.00. The Kier molecular flexibility index (Phi) is 4.91. The minimum atomic E-state index is -5.06. The van der Waals surface area contributed by atoms with Crippen molar-refractivity contribution in [1.29, 1.82) is 0 Å². The number of benzene rings is 2. The molecule has 0 N–H and O–H groups in total. The number of alkyl halides is 3. The van der Waals surface area contributed by atoms with Crippen LogP contribution in [0.1, 0.15) is 17.3 Å². The molecule has 24 heavy (non-hydrogen) atoms. The molecule has 0 radical (unpaired) electrons. The van der Waals surface area contributed by atoms with E-state index in [1.54, 1.807) is 18.2 Å². The molecule has 0 aliphatic carbocycles. The zero-order valence-electron chi connectivity index (χ0n) is 12.1. The Balaban J connectivity index is 2.58. The molecule has 0 bridgehead atoms. The van der Waals surface area contributed by atoms with Gasteiger partial charge in [-0.1, -0.05) is 24.3 Å². The van der Waals surface area contributed by atoms with Gasteiger partial charge in [-0.05, 0) is 36.2 Å². The first-order valence-corrected chi connectivity index (χ1v) is 8.74. The van der Waals surface area contributed by atoms with E-state index in [-0.39, 0.29) is 11.3 Å². The number of hydrogen-bond donors (Lipinski definition) is 0. The number of halogens is 4. The highest BCUT2D eigenvalue weighted by atomic mass is 35.7. The Morgan fingerprint density at radius 1 is 1.08 bits per heavy atom.